The number of nitrogens with zero attached hydrogens (tertiary/aromatic N) is 1. The Morgan fingerprint density at radius 1 is 0.907 bits per heavy atom. The summed E-state index contributed by atoms with van der Waals surface area (Å²) in [5.74, 6) is 0.449. The van der Waals surface area contributed by atoms with Gasteiger partial charge in [-0.15, -0.1) is 24.8 Å². The van der Waals surface area contributed by atoms with Crippen molar-refractivity contribution >= 4 is 53.4 Å². The van der Waals surface area contributed by atoms with E-state index in [1.165, 1.54) is 12.1 Å². The quantitative estimate of drug-likeness (QED) is 0.0772. The van der Waals surface area contributed by atoms with Crippen LogP contribution in [0.1, 0.15) is 81.4 Å². The predicted molar refractivity (Wildman–Crippen MR) is 218 cm³/mol. The summed E-state index contributed by atoms with van der Waals surface area (Å²) >= 11 is 0. The van der Waals surface area contributed by atoms with E-state index in [0.29, 0.717) is 53.9 Å². The van der Waals surface area contributed by atoms with E-state index in [0.717, 1.165) is 74.6 Å². The van der Waals surface area contributed by atoms with Gasteiger partial charge >= 0.3 is 6.09 Å². The molecule has 1 heterocycles. The standard InChI is InChI=1S/C41H51N5O6.2ClH/c42-29-12-16-31(17-13-29)46(41(51)52)35-23-26(11-18-32(35)28-6-2-1-3-7-28)5-4-8-38(49)44-30-14-9-27(10-15-30)24-43-25-37(48)33-19-21-36(47)40-34(33)20-22-39(50)45-40;;/h1-3,6-7,11,18-23,27,29-31,37,43,47-48H,4-5,8-10,12-17,24-25,42H2,(H,44,49)(H,45,50)(H,51,52);2*1H/t27-,29?,30-,31?,37-;;/m0../s1. The monoisotopic (exact) mass is 781 g/mol. The van der Waals surface area contributed by atoms with Crippen molar-refractivity contribution in [2.75, 3.05) is 18.0 Å². The fraction of sp³-hybridized carbons (Fsp3) is 0.439. The van der Waals surface area contributed by atoms with E-state index < -0.39 is 12.2 Å². The molecule has 0 radical (unpaired) electrons. The topological polar surface area (TPSA) is 181 Å². The first-order valence-corrected chi connectivity index (χ1v) is 18.7. The number of hydrogen-bond donors (Lipinski definition) is 7. The van der Waals surface area contributed by atoms with Crippen molar-refractivity contribution in [3.8, 4) is 16.9 Å². The van der Waals surface area contributed by atoms with E-state index in [1.807, 2.05) is 48.5 Å². The third-order valence-electron chi connectivity index (χ3n) is 10.8. The number of carbonyl (C=O) groups is 2. The summed E-state index contributed by atoms with van der Waals surface area (Å²) in [5.41, 5.74) is 10.3. The van der Waals surface area contributed by atoms with Crippen molar-refractivity contribution in [2.45, 2.75) is 94.9 Å². The second-order valence-electron chi connectivity index (χ2n) is 14.5. The van der Waals surface area contributed by atoms with Crippen molar-refractivity contribution < 1.29 is 24.9 Å². The maximum Gasteiger partial charge on any atom is 0.412 e. The molecule has 2 aliphatic rings. The Morgan fingerprint density at radius 2 is 1.63 bits per heavy atom. The zero-order chi connectivity index (χ0) is 36.6. The zero-order valence-electron chi connectivity index (χ0n) is 30.4. The summed E-state index contributed by atoms with van der Waals surface area (Å²) in [5, 5.41) is 38.6. The molecule has 3 aromatic carbocycles. The van der Waals surface area contributed by atoms with E-state index in [1.54, 1.807) is 17.0 Å². The Morgan fingerprint density at radius 3 is 2.33 bits per heavy atom. The van der Waals surface area contributed by atoms with Crippen LogP contribution in [0.3, 0.4) is 0 Å². The van der Waals surface area contributed by atoms with Crippen LogP contribution < -0.4 is 26.8 Å². The first kappa shape index (κ1) is 42.6. The molecule has 2 amide bonds. The molecule has 0 saturated heterocycles. The van der Waals surface area contributed by atoms with E-state index >= 15 is 0 Å². The van der Waals surface area contributed by atoms with Gasteiger partial charge in [-0.1, -0.05) is 48.5 Å². The highest BCUT2D eigenvalue weighted by Crippen LogP contribution is 2.37. The molecule has 54 heavy (non-hydrogen) atoms. The molecule has 0 aliphatic heterocycles. The molecule has 2 fully saturated rings. The number of nitrogens with one attached hydrogen (secondary N) is 3. The number of aliphatic hydroxyl groups is 1. The first-order valence-electron chi connectivity index (χ1n) is 18.7. The Bertz CT molecular complexity index is 1890. The largest absolute Gasteiger partial charge is 0.506 e. The molecule has 4 aromatic rings. The highest BCUT2D eigenvalue weighted by atomic mass is 35.5. The molecule has 13 heteroatoms. The smallest absolute Gasteiger partial charge is 0.412 e. The number of pyridine rings is 1. The van der Waals surface area contributed by atoms with Gasteiger partial charge in [0.05, 0.1) is 17.3 Å². The van der Waals surface area contributed by atoms with Gasteiger partial charge in [-0.2, -0.15) is 0 Å². The van der Waals surface area contributed by atoms with Gasteiger partial charge in [0.1, 0.15) is 5.75 Å². The lowest BCUT2D eigenvalue weighted by Crippen LogP contribution is -2.44. The van der Waals surface area contributed by atoms with Gasteiger partial charge in [-0.05, 0) is 112 Å². The number of carbonyl (C=O) groups excluding carboxylic acids is 1. The van der Waals surface area contributed by atoms with Crippen molar-refractivity contribution in [2.24, 2.45) is 11.7 Å². The van der Waals surface area contributed by atoms with Gasteiger partial charge in [-0.3, -0.25) is 14.5 Å². The summed E-state index contributed by atoms with van der Waals surface area (Å²) in [7, 11) is 0. The molecule has 8 N–H and O–H groups in total. The zero-order valence-corrected chi connectivity index (χ0v) is 32.0. The Kier molecular flexibility index (Phi) is 15.8. The number of aromatic amines is 1. The van der Waals surface area contributed by atoms with Crippen LogP contribution in [0, 0.1) is 5.92 Å². The molecule has 292 valence electrons. The maximum absolute atomic E-state index is 13.0. The number of hydrogen-bond acceptors (Lipinski definition) is 7. The Labute approximate surface area is 328 Å². The summed E-state index contributed by atoms with van der Waals surface area (Å²) in [6.45, 7) is 1.10. The number of nitrogens with two attached hydrogens (primary N) is 1. The van der Waals surface area contributed by atoms with Crippen LogP contribution in [-0.4, -0.2) is 63.5 Å². The number of aryl methyl sites for hydroxylation is 1. The normalized spacial score (nSPS) is 20.3. The number of phenolic OH excluding ortho intramolecular Hbond substituents is 1. The molecule has 6 rings (SSSR count). The number of rotatable bonds is 13. The molecule has 0 unspecified atom stereocenters. The lowest BCUT2D eigenvalue weighted by Gasteiger charge is -2.35. The average Bonchev–Trinajstić information content (AvgIpc) is 3.14. The number of fused-ring (bicyclic) bond motifs is 1. The molecular formula is C41H53Cl2N5O6. The van der Waals surface area contributed by atoms with Crippen LogP contribution in [0.4, 0.5) is 10.5 Å². The third-order valence-corrected chi connectivity index (χ3v) is 10.8. The van der Waals surface area contributed by atoms with Crippen LogP contribution in [0.25, 0.3) is 22.0 Å². The van der Waals surface area contributed by atoms with E-state index in [9.17, 15) is 29.7 Å². The molecule has 0 spiro atoms. The third kappa shape index (κ3) is 10.8. The SMILES string of the molecule is Cl.Cl.NC1CCC(N(C(=O)O)c2cc(CCCC(=O)N[C@H]3CC[C@H](CNC[C@H](O)c4ccc(O)c5[nH]c(=O)ccc45)CC3)ccc2-c2ccccc2)CC1. The first-order chi connectivity index (χ1) is 25.2. The van der Waals surface area contributed by atoms with E-state index in [-0.39, 0.29) is 60.2 Å². The number of amides is 2. The summed E-state index contributed by atoms with van der Waals surface area (Å²) in [6, 6.07) is 22.2. The number of aromatic nitrogens is 1. The van der Waals surface area contributed by atoms with E-state index in [2.05, 4.69) is 15.6 Å². The van der Waals surface area contributed by atoms with Crippen LogP contribution in [0.5, 0.6) is 5.75 Å². The lowest BCUT2D eigenvalue weighted by molar-refractivity contribution is -0.122. The molecular weight excluding hydrogens is 729 g/mol. The van der Waals surface area contributed by atoms with Crippen LogP contribution in [0.15, 0.2) is 77.6 Å². The molecule has 11 nitrogen and oxygen atoms in total. The minimum atomic E-state index is -0.959. The van der Waals surface area contributed by atoms with Crippen molar-refractivity contribution in [1.82, 2.24) is 15.6 Å². The molecule has 2 aliphatic carbocycles. The summed E-state index contributed by atoms with van der Waals surface area (Å²) in [6.07, 6.45) is 6.79. The highest BCUT2D eigenvalue weighted by Gasteiger charge is 2.31. The van der Waals surface area contributed by atoms with Crippen LogP contribution in [0.2, 0.25) is 0 Å². The molecule has 2 saturated carbocycles. The highest BCUT2D eigenvalue weighted by molar-refractivity contribution is 5.94. The average molecular weight is 783 g/mol. The summed E-state index contributed by atoms with van der Waals surface area (Å²) < 4.78 is 0. The number of phenols is 1. The van der Waals surface area contributed by atoms with Gasteiger partial charge in [0.15, 0.2) is 0 Å². The Balaban J connectivity index is 0.00000325. The van der Waals surface area contributed by atoms with Crippen LogP contribution >= 0.6 is 24.8 Å². The minimum absolute atomic E-state index is 0. The molecule has 1 atom stereocenters. The number of benzene rings is 3. The minimum Gasteiger partial charge on any atom is -0.506 e. The van der Waals surface area contributed by atoms with Gasteiger partial charge in [-0.25, -0.2) is 4.79 Å². The van der Waals surface area contributed by atoms with Crippen molar-refractivity contribution in [3.05, 3.63) is 94.3 Å². The van der Waals surface area contributed by atoms with Gasteiger partial charge in [0, 0.05) is 48.1 Å². The number of halogens is 2. The Hall–Kier alpha value is -4.13. The molecule has 1 aromatic heterocycles. The maximum atomic E-state index is 13.0. The van der Waals surface area contributed by atoms with Crippen molar-refractivity contribution in [1.29, 1.82) is 0 Å². The van der Waals surface area contributed by atoms with Gasteiger partial charge < -0.3 is 36.7 Å². The van der Waals surface area contributed by atoms with Crippen LogP contribution in [-0.2, 0) is 11.2 Å². The van der Waals surface area contributed by atoms with E-state index in [4.69, 9.17) is 5.73 Å². The number of aliphatic hydroxyl groups excluding tert-OH is 1. The predicted octanol–water partition coefficient (Wildman–Crippen LogP) is 6.82. The number of anilines is 1. The van der Waals surface area contributed by atoms with Crippen molar-refractivity contribution in [3.63, 3.8) is 0 Å². The molecule has 0 bridgehead atoms. The van der Waals surface area contributed by atoms with Gasteiger partial charge in [0.2, 0.25) is 11.5 Å². The second kappa shape index (κ2) is 20.0. The summed E-state index contributed by atoms with van der Waals surface area (Å²) in [4.78, 5) is 41.5. The number of carboxylic acid groups (broad SMARTS) is 1. The number of aromatic hydroxyl groups is 1. The fourth-order valence-corrected chi connectivity index (χ4v) is 7.96. The second-order valence-corrected chi connectivity index (χ2v) is 14.5. The fourth-order valence-electron chi connectivity index (χ4n) is 7.96. The lowest BCUT2D eigenvalue weighted by atomic mass is 9.86. The van der Waals surface area contributed by atoms with Gasteiger partial charge in [0.25, 0.3) is 0 Å². The number of H-pyrrole nitrogens is 1.